The topological polar surface area (TPSA) is 69.1 Å². The number of aliphatic hydroxyl groups is 1. The van der Waals surface area contributed by atoms with E-state index in [4.69, 9.17) is 9.73 Å². The summed E-state index contributed by atoms with van der Waals surface area (Å²) in [6, 6.07) is 0.756. The van der Waals surface area contributed by atoms with Crippen LogP contribution < -0.4 is 10.6 Å². The predicted octanol–water partition coefficient (Wildman–Crippen LogP) is 2.60. The third-order valence-corrected chi connectivity index (χ3v) is 5.85. The van der Waals surface area contributed by atoms with Crippen LogP contribution in [0.25, 0.3) is 0 Å². The minimum Gasteiger partial charge on any atom is -0.396 e. The number of guanidine groups is 1. The summed E-state index contributed by atoms with van der Waals surface area (Å²) in [4.78, 5) is 7.42. The number of hydrogen-bond acceptors (Lipinski definition) is 4. The van der Waals surface area contributed by atoms with Crippen molar-refractivity contribution in [1.29, 1.82) is 0 Å². The number of piperidine rings is 1. The number of likely N-dealkylation sites (tertiary alicyclic amines) is 1. The van der Waals surface area contributed by atoms with Crippen LogP contribution in [0.15, 0.2) is 4.99 Å². The molecule has 0 radical (unpaired) electrons. The maximum absolute atomic E-state index is 9.35. The predicted molar refractivity (Wildman–Crippen MR) is 123 cm³/mol. The quantitative estimate of drug-likeness (QED) is 0.188. The molecular weight excluding hydrogens is 455 g/mol. The van der Waals surface area contributed by atoms with Gasteiger partial charge in [0.1, 0.15) is 0 Å². The van der Waals surface area contributed by atoms with Gasteiger partial charge in [0.2, 0.25) is 0 Å². The number of rotatable bonds is 10. The highest BCUT2D eigenvalue weighted by Crippen LogP contribution is 2.32. The van der Waals surface area contributed by atoms with Gasteiger partial charge in [0.25, 0.3) is 0 Å². The van der Waals surface area contributed by atoms with Crippen LogP contribution in [0.5, 0.6) is 0 Å². The van der Waals surface area contributed by atoms with Gasteiger partial charge in [-0.3, -0.25) is 4.99 Å². The molecule has 0 aromatic rings. The van der Waals surface area contributed by atoms with Gasteiger partial charge in [-0.05, 0) is 65.5 Å². The first kappa shape index (κ1) is 24.9. The normalized spacial score (nSPS) is 26.6. The Hall–Kier alpha value is -0.120. The molecule has 2 aliphatic rings. The lowest BCUT2D eigenvalue weighted by Gasteiger charge is -2.33. The molecule has 2 fully saturated rings. The summed E-state index contributed by atoms with van der Waals surface area (Å²) in [6.45, 7) is 11.2. The van der Waals surface area contributed by atoms with Gasteiger partial charge in [-0.15, -0.1) is 24.0 Å². The van der Waals surface area contributed by atoms with E-state index in [1.807, 2.05) is 0 Å². The molecule has 0 spiro atoms. The molecule has 0 aromatic heterocycles. The lowest BCUT2D eigenvalue weighted by Crippen LogP contribution is -2.40. The first-order valence-electron chi connectivity index (χ1n) is 10.6. The standard InChI is InChI=1S/C20H40N4O2.HI/c1-3-21-19(23-16-20(9-14-25)10-15-26-17-20)22-11-5-7-13-24-12-6-4-8-18(24)2;/h18,25H,3-17H2,1-2H3,(H2,21,22,23);1H. The number of nitrogens with zero attached hydrogens (tertiary/aromatic N) is 2. The van der Waals surface area contributed by atoms with Gasteiger partial charge in [-0.2, -0.15) is 0 Å². The molecule has 0 bridgehead atoms. The van der Waals surface area contributed by atoms with Crippen LogP contribution >= 0.6 is 24.0 Å². The van der Waals surface area contributed by atoms with E-state index in [1.54, 1.807) is 0 Å². The Labute approximate surface area is 182 Å². The first-order valence-corrected chi connectivity index (χ1v) is 10.6. The number of halogens is 1. The van der Waals surface area contributed by atoms with Gasteiger partial charge in [0.15, 0.2) is 5.96 Å². The van der Waals surface area contributed by atoms with Gasteiger partial charge >= 0.3 is 0 Å². The molecule has 2 aliphatic heterocycles. The molecule has 0 amide bonds. The Balaban J connectivity index is 0.00000364. The second-order valence-electron chi connectivity index (χ2n) is 7.99. The van der Waals surface area contributed by atoms with Crippen molar-refractivity contribution in [2.24, 2.45) is 10.4 Å². The van der Waals surface area contributed by atoms with Crippen LogP contribution in [0.1, 0.15) is 58.8 Å². The monoisotopic (exact) mass is 496 g/mol. The lowest BCUT2D eigenvalue weighted by atomic mass is 9.84. The fraction of sp³-hybridized carbons (Fsp3) is 0.950. The van der Waals surface area contributed by atoms with Gasteiger partial charge in [0.05, 0.1) is 13.2 Å². The highest BCUT2D eigenvalue weighted by Gasteiger charge is 2.34. The molecule has 2 rings (SSSR count). The fourth-order valence-electron chi connectivity index (χ4n) is 4.01. The molecule has 2 heterocycles. The van der Waals surface area contributed by atoms with Crippen LogP contribution in [0.4, 0.5) is 0 Å². The zero-order valence-corrected chi connectivity index (χ0v) is 19.7. The molecule has 3 N–H and O–H groups in total. The number of aliphatic imine (C=N–C) groups is 1. The van der Waals surface area contributed by atoms with E-state index < -0.39 is 0 Å². The first-order chi connectivity index (χ1) is 12.7. The maximum atomic E-state index is 9.35. The van der Waals surface area contributed by atoms with E-state index >= 15 is 0 Å². The van der Waals surface area contributed by atoms with E-state index in [2.05, 4.69) is 29.4 Å². The number of hydrogen-bond donors (Lipinski definition) is 3. The Kier molecular flexibility index (Phi) is 12.9. The summed E-state index contributed by atoms with van der Waals surface area (Å²) >= 11 is 0. The molecule has 160 valence electrons. The van der Waals surface area contributed by atoms with Crippen molar-refractivity contribution < 1.29 is 9.84 Å². The van der Waals surface area contributed by atoms with Crippen LogP contribution in [-0.4, -0.2) is 74.6 Å². The molecular formula is C20H41IN4O2. The molecule has 7 heteroatoms. The molecule has 2 unspecified atom stereocenters. The number of ether oxygens (including phenoxy) is 1. The van der Waals surface area contributed by atoms with Crippen molar-refractivity contribution in [3.05, 3.63) is 0 Å². The van der Waals surface area contributed by atoms with Crippen LogP contribution in [0, 0.1) is 5.41 Å². The van der Waals surface area contributed by atoms with Crippen LogP contribution in [0.2, 0.25) is 0 Å². The number of aliphatic hydroxyl groups excluding tert-OH is 1. The molecule has 0 aromatic carbocycles. The minimum absolute atomic E-state index is 0. The maximum Gasteiger partial charge on any atom is 0.191 e. The van der Waals surface area contributed by atoms with Crippen molar-refractivity contribution >= 4 is 29.9 Å². The average molecular weight is 496 g/mol. The largest absolute Gasteiger partial charge is 0.396 e. The lowest BCUT2D eigenvalue weighted by molar-refractivity contribution is 0.131. The Bertz CT molecular complexity index is 417. The smallest absolute Gasteiger partial charge is 0.191 e. The van der Waals surface area contributed by atoms with Crippen molar-refractivity contribution in [3.8, 4) is 0 Å². The van der Waals surface area contributed by atoms with Crippen LogP contribution in [-0.2, 0) is 4.74 Å². The second kappa shape index (κ2) is 14.0. The van der Waals surface area contributed by atoms with Crippen molar-refractivity contribution in [2.75, 3.05) is 52.5 Å². The van der Waals surface area contributed by atoms with E-state index in [0.29, 0.717) is 13.2 Å². The third-order valence-electron chi connectivity index (χ3n) is 5.85. The number of unbranched alkanes of at least 4 members (excludes halogenated alkanes) is 1. The van der Waals surface area contributed by atoms with Gasteiger partial charge in [-0.25, -0.2) is 0 Å². The Morgan fingerprint density at radius 2 is 2.15 bits per heavy atom. The summed E-state index contributed by atoms with van der Waals surface area (Å²) in [7, 11) is 0. The third kappa shape index (κ3) is 8.83. The van der Waals surface area contributed by atoms with E-state index in [9.17, 15) is 5.11 Å². The molecule has 2 atom stereocenters. The zero-order chi connectivity index (χ0) is 18.7. The average Bonchev–Trinajstić information content (AvgIpc) is 3.10. The van der Waals surface area contributed by atoms with Crippen LogP contribution in [0.3, 0.4) is 0 Å². The van der Waals surface area contributed by atoms with E-state index in [0.717, 1.165) is 44.5 Å². The Morgan fingerprint density at radius 3 is 2.81 bits per heavy atom. The molecule has 6 nitrogen and oxygen atoms in total. The molecule has 0 aliphatic carbocycles. The summed E-state index contributed by atoms with van der Waals surface area (Å²) in [5, 5.41) is 16.2. The number of nitrogens with one attached hydrogen (secondary N) is 2. The minimum atomic E-state index is 0. The zero-order valence-electron chi connectivity index (χ0n) is 17.3. The molecule has 2 saturated heterocycles. The van der Waals surface area contributed by atoms with Gasteiger partial charge in [-0.1, -0.05) is 6.42 Å². The van der Waals surface area contributed by atoms with Crippen molar-refractivity contribution in [2.45, 2.75) is 64.8 Å². The van der Waals surface area contributed by atoms with E-state index in [-0.39, 0.29) is 36.0 Å². The molecule has 0 saturated carbocycles. The highest BCUT2D eigenvalue weighted by atomic mass is 127. The van der Waals surface area contributed by atoms with Crippen molar-refractivity contribution in [3.63, 3.8) is 0 Å². The summed E-state index contributed by atoms with van der Waals surface area (Å²) in [5.74, 6) is 0.892. The summed E-state index contributed by atoms with van der Waals surface area (Å²) < 4.78 is 5.56. The fourth-order valence-corrected chi connectivity index (χ4v) is 4.01. The van der Waals surface area contributed by atoms with Gasteiger partial charge in [0, 0.05) is 37.8 Å². The van der Waals surface area contributed by atoms with Crippen molar-refractivity contribution in [1.82, 2.24) is 15.5 Å². The highest BCUT2D eigenvalue weighted by molar-refractivity contribution is 14.0. The summed E-state index contributed by atoms with van der Waals surface area (Å²) in [6.07, 6.45) is 8.27. The summed E-state index contributed by atoms with van der Waals surface area (Å²) in [5.41, 5.74) is 0.0154. The second-order valence-corrected chi connectivity index (χ2v) is 7.99. The van der Waals surface area contributed by atoms with Gasteiger partial charge < -0.3 is 25.4 Å². The van der Waals surface area contributed by atoms with E-state index in [1.165, 1.54) is 45.2 Å². The Morgan fingerprint density at radius 1 is 1.30 bits per heavy atom. The molecule has 27 heavy (non-hydrogen) atoms. The SMILES string of the molecule is CCNC(=NCC1(CCO)CCOC1)NCCCCN1CCCCC1C.I.